The number of benzene rings is 1. The van der Waals surface area contributed by atoms with Gasteiger partial charge in [0.2, 0.25) is 5.91 Å². The van der Waals surface area contributed by atoms with Crippen LogP contribution in [0.1, 0.15) is 29.7 Å². The van der Waals surface area contributed by atoms with Crippen LogP contribution in [0.4, 0.5) is 5.13 Å². The van der Waals surface area contributed by atoms with Gasteiger partial charge in [-0.2, -0.15) is 0 Å². The van der Waals surface area contributed by atoms with Gasteiger partial charge in [0.15, 0.2) is 5.13 Å². The Morgan fingerprint density at radius 3 is 2.71 bits per heavy atom. The first-order valence-corrected chi connectivity index (χ1v) is 8.92. The molecule has 1 aromatic carbocycles. The second-order valence-electron chi connectivity index (χ2n) is 5.79. The first-order chi connectivity index (χ1) is 11.4. The molecule has 126 valence electrons. The maximum atomic E-state index is 12.1. The van der Waals surface area contributed by atoms with E-state index in [2.05, 4.69) is 4.98 Å². The van der Waals surface area contributed by atoms with Crippen molar-refractivity contribution in [1.82, 2.24) is 4.98 Å². The standard InChI is InChI=1S/C17H17ClN2O3S/c1-10-6-13(7-11(2)16(10)18)23-15(22)8-12-9-24-17(19-12)20-5-3-4-14(20)21/h6-7,9H,3-5,8H2,1-2H3. The Labute approximate surface area is 149 Å². The van der Waals surface area contributed by atoms with E-state index in [1.54, 1.807) is 22.4 Å². The molecule has 0 atom stereocenters. The van der Waals surface area contributed by atoms with Gasteiger partial charge in [0.25, 0.3) is 0 Å². The number of ether oxygens (including phenoxy) is 1. The zero-order valence-corrected chi connectivity index (χ0v) is 15.0. The van der Waals surface area contributed by atoms with E-state index in [1.807, 2.05) is 13.8 Å². The van der Waals surface area contributed by atoms with Crippen LogP contribution in [0.15, 0.2) is 17.5 Å². The van der Waals surface area contributed by atoms with E-state index in [-0.39, 0.29) is 18.3 Å². The summed E-state index contributed by atoms with van der Waals surface area (Å²) < 4.78 is 5.38. The maximum Gasteiger partial charge on any atom is 0.317 e. The third-order valence-electron chi connectivity index (χ3n) is 3.81. The average Bonchev–Trinajstić information content (AvgIpc) is 3.13. The first kappa shape index (κ1) is 16.9. The van der Waals surface area contributed by atoms with E-state index < -0.39 is 0 Å². The summed E-state index contributed by atoms with van der Waals surface area (Å²) in [4.78, 5) is 29.9. The molecule has 0 aliphatic carbocycles. The van der Waals surface area contributed by atoms with E-state index in [9.17, 15) is 9.59 Å². The van der Waals surface area contributed by atoms with Gasteiger partial charge in [-0.3, -0.25) is 14.5 Å². The minimum atomic E-state index is -0.388. The fraction of sp³-hybridized carbons (Fsp3) is 0.353. The van der Waals surface area contributed by atoms with Crippen molar-refractivity contribution in [3.8, 4) is 5.75 Å². The molecule has 1 aromatic heterocycles. The molecule has 3 rings (SSSR count). The summed E-state index contributed by atoms with van der Waals surface area (Å²) in [7, 11) is 0. The lowest BCUT2D eigenvalue weighted by atomic mass is 10.1. The van der Waals surface area contributed by atoms with Crippen LogP contribution in [0.5, 0.6) is 5.75 Å². The number of hydrogen-bond donors (Lipinski definition) is 0. The van der Waals surface area contributed by atoms with E-state index in [1.165, 1.54) is 11.3 Å². The lowest BCUT2D eigenvalue weighted by Crippen LogP contribution is -2.23. The van der Waals surface area contributed by atoms with Crippen molar-refractivity contribution in [1.29, 1.82) is 0 Å². The highest BCUT2D eigenvalue weighted by Gasteiger charge is 2.24. The van der Waals surface area contributed by atoms with Crippen molar-refractivity contribution in [2.24, 2.45) is 0 Å². The Morgan fingerprint density at radius 2 is 2.08 bits per heavy atom. The predicted molar refractivity (Wildman–Crippen MR) is 94.0 cm³/mol. The number of aromatic nitrogens is 1. The SMILES string of the molecule is Cc1cc(OC(=O)Cc2csc(N3CCCC3=O)n2)cc(C)c1Cl. The number of nitrogens with zero attached hydrogens (tertiary/aromatic N) is 2. The summed E-state index contributed by atoms with van der Waals surface area (Å²) in [6, 6.07) is 3.48. The minimum Gasteiger partial charge on any atom is -0.426 e. The van der Waals surface area contributed by atoms with E-state index >= 15 is 0 Å². The molecule has 1 aliphatic heterocycles. The molecule has 24 heavy (non-hydrogen) atoms. The summed E-state index contributed by atoms with van der Waals surface area (Å²) >= 11 is 7.49. The van der Waals surface area contributed by atoms with Crippen LogP contribution in [0.25, 0.3) is 0 Å². The lowest BCUT2D eigenvalue weighted by Gasteiger charge is -2.10. The second kappa shape index (κ2) is 6.91. The summed E-state index contributed by atoms with van der Waals surface area (Å²) in [5, 5.41) is 3.12. The summed E-state index contributed by atoms with van der Waals surface area (Å²) in [6.07, 6.45) is 1.48. The molecule has 7 heteroatoms. The summed E-state index contributed by atoms with van der Waals surface area (Å²) in [6.45, 7) is 4.43. The summed E-state index contributed by atoms with van der Waals surface area (Å²) in [5.74, 6) is 0.177. The van der Waals surface area contributed by atoms with E-state index in [4.69, 9.17) is 16.3 Å². The van der Waals surface area contributed by atoms with Crippen molar-refractivity contribution >= 4 is 39.9 Å². The average molecular weight is 365 g/mol. The molecule has 0 bridgehead atoms. The molecule has 0 spiro atoms. The van der Waals surface area contributed by atoms with E-state index in [0.717, 1.165) is 17.5 Å². The molecule has 0 unspecified atom stereocenters. The monoisotopic (exact) mass is 364 g/mol. The fourth-order valence-corrected chi connectivity index (χ4v) is 3.61. The minimum absolute atomic E-state index is 0.0687. The van der Waals surface area contributed by atoms with Crippen molar-refractivity contribution in [3.05, 3.63) is 39.4 Å². The Bertz CT molecular complexity index is 780. The number of rotatable bonds is 4. The third kappa shape index (κ3) is 3.60. The highest BCUT2D eigenvalue weighted by molar-refractivity contribution is 7.14. The van der Waals surface area contributed by atoms with Crippen molar-refractivity contribution < 1.29 is 14.3 Å². The molecule has 2 aromatic rings. The van der Waals surface area contributed by atoms with Crippen molar-refractivity contribution in [2.45, 2.75) is 33.1 Å². The normalized spacial score (nSPS) is 14.3. The molecular weight excluding hydrogens is 348 g/mol. The zero-order valence-electron chi connectivity index (χ0n) is 13.5. The molecule has 1 fully saturated rings. The van der Waals surface area contributed by atoms with Gasteiger partial charge in [-0.1, -0.05) is 11.6 Å². The molecular formula is C17H17ClN2O3S. The van der Waals surface area contributed by atoms with Crippen LogP contribution in [-0.2, 0) is 16.0 Å². The number of halogens is 1. The third-order valence-corrected chi connectivity index (χ3v) is 5.32. The predicted octanol–water partition coefficient (Wildman–Crippen LogP) is 3.69. The topological polar surface area (TPSA) is 59.5 Å². The number of anilines is 1. The van der Waals surface area contributed by atoms with Crippen LogP contribution < -0.4 is 9.64 Å². The molecule has 0 N–H and O–H groups in total. The Hall–Kier alpha value is -1.92. The number of hydrogen-bond acceptors (Lipinski definition) is 5. The number of carbonyl (C=O) groups excluding carboxylic acids is 2. The van der Waals surface area contributed by atoms with Gasteiger partial charge in [0.05, 0.1) is 12.1 Å². The molecule has 0 radical (unpaired) electrons. The maximum absolute atomic E-state index is 12.1. The van der Waals surface area contributed by atoms with Gasteiger partial charge in [-0.15, -0.1) is 11.3 Å². The highest BCUT2D eigenvalue weighted by atomic mass is 35.5. The van der Waals surface area contributed by atoms with Crippen molar-refractivity contribution in [3.63, 3.8) is 0 Å². The molecule has 1 amide bonds. The zero-order chi connectivity index (χ0) is 17.3. The molecule has 2 heterocycles. The van der Waals surface area contributed by atoms with Crippen LogP contribution in [0, 0.1) is 13.8 Å². The smallest absolute Gasteiger partial charge is 0.317 e. The van der Waals surface area contributed by atoms with Gasteiger partial charge in [-0.25, -0.2) is 4.98 Å². The van der Waals surface area contributed by atoms with Gasteiger partial charge in [0, 0.05) is 23.4 Å². The highest BCUT2D eigenvalue weighted by Crippen LogP contribution is 2.27. The molecule has 5 nitrogen and oxygen atoms in total. The van der Waals surface area contributed by atoms with Crippen LogP contribution in [0.3, 0.4) is 0 Å². The molecule has 1 saturated heterocycles. The fourth-order valence-electron chi connectivity index (χ4n) is 2.63. The van der Waals surface area contributed by atoms with Crippen molar-refractivity contribution in [2.75, 3.05) is 11.4 Å². The van der Waals surface area contributed by atoms with Gasteiger partial charge < -0.3 is 4.74 Å². The van der Waals surface area contributed by atoms with Crippen LogP contribution in [-0.4, -0.2) is 23.4 Å². The van der Waals surface area contributed by atoms with E-state index in [0.29, 0.717) is 34.6 Å². The first-order valence-electron chi connectivity index (χ1n) is 7.66. The van der Waals surface area contributed by atoms with Crippen LogP contribution >= 0.6 is 22.9 Å². The number of carbonyl (C=O) groups is 2. The lowest BCUT2D eigenvalue weighted by molar-refractivity contribution is -0.133. The quantitative estimate of drug-likeness (QED) is 0.613. The van der Waals surface area contributed by atoms with Gasteiger partial charge in [-0.05, 0) is 43.5 Å². The van der Waals surface area contributed by atoms with Gasteiger partial charge >= 0.3 is 5.97 Å². The van der Waals surface area contributed by atoms with Gasteiger partial charge in [0.1, 0.15) is 5.75 Å². The Morgan fingerprint density at radius 1 is 1.38 bits per heavy atom. The van der Waals surface area contributed by atoms with Crippen LogP contribution in [0.2, 0.25) is 5.02 Å². The number of thiazole rings is 1. The number of amides is 1. The molecule has 1 aliphatic rings. The Kier molecular flexibility index (Phi) is 4.87. The molecule has 0 saturated carbocycles. The second-order valence-corrected chi connectivity index (χ2v) is 7.01. The Balaban J connectivity index is 1.65. The number of aryl methyl sites for hydroxylation is 2. The number of esters is 1. The summed E-state index contributed by atoms with van der Waals surface area (Å²) in [5.41, 5.74) is 2.34. The largest absolute Gasteiger partial charge is 0.426 e.